The van der Waals surface area contributed by atoms with E-state index in [4.69, 9.17) is 5.73 Å². The van der Waals surface area contributed by atoms with Gasteiger partial charge in [0.25, 0.3) is 0 Å². The van der Waals surface area contributed by atoms with Gasteiger partial charge in [0.2, 0.25) is 0 Å². The maximum atomic E-state index is 5.92. The van der Waals surface area contributed by atoms with Gasteiger partial charge in [0.1, 0.15) is 0 Å². The molecule has 1 aromatic rings. The third kappa shape index (κ3) is 2.90. The second-order valence-electron chi connectivity index (χ2n) is 2.90. The Morgan fingerprint density at radius 2 is 2.08 bits per heavy atom. The molecule has 2 N–H and O–H groups in total. The van der Waals surface area contributed by atoms with Gasteiger partial charge in [0.15, 0.2) is 0 Å². The molecule has 0 amide bonds. The standard InChI is InChI=1S/C11H15NS/c1-3-4-11(12)9-5-7-10(13-2)8-6-9/h3,5-8,11H,1,4,12H2,2H3/t11-/m0/s1. The second-order valence-corrected chi connectivity index (χ2v) is 3.78. The highest BCUT2D eigenvalue weighted by Crippen LogP contribution is 2.19. The highest BCUT2D eigenvalue weighted by atomic mass is 32.2. The van der Waals surface area contributed by atoms with E-state index in [0.29, 0.717) is 0 Å². The van der Waals surface area contributed by atoms with Crippen LogP contribution in [0.15, 0.2) is 41.8 Å². The summed E-state index contributed by atoms with van der Waals surface area (Å²) < 4.78 is 0. The lowest BCUT2D eigenvalue weighted by molar-refractivity contribution is 0.741. The summed E-state index contributed by atoms with van der Waals surface area (Å²) in [5.74, 6) is 0. The van der Waals surface area contributed by atoms with E-state index in [-0.39, 0.29) is 6.04 Å². The van der Waals surface area contributed by atoms with E-state index in [0.717, 1.165) is 6.42 Å². The number of thioether (sulfide) groups is 1. The van der Waals surface area contributed by atoms with Gasteiger partial charge in [-0.25, -0.2) is 0 Å². The minimum absolute atomic E-state index is 0.0911. The molecule has 13 heavy (non-hydrogen) atoms. The zero-order valence-corrected chi connectivity index (χ0v) is 8.68. The average Bonchev–Trinajstić information content (AvgIpc) is 2.18. The molecule has 1 aromatic carbocycles. The quantitative estimate of drug-likeness (QED) is 0.587. The fourth-order valence-electron chi connectivity index (χ4n) is 1.17. The van der Waals surface area contributed by atoms with Gasteiger partial charge < -0.3 is 5.73 Å². The van der Waals surface area contributed by atoms with Gasteiger partial charge in [-0.3, -0.25) is 0 Å². The largest absolute Gasteiger partial charge is 0.324 e. The van der Waals surface area contributed by atoms with Crippen LogP contribution in [0, 0.1) is 0 Å². The molecule has 70 valence electrons. The fraction of sp³-hybridized carbons (Fsp3) is 0.273. The van der Waals surface area contributed by atoms with Crippen molar-refractivity contribution in [2.75, 3.05) is 6.26 Å². The van der Waals surface area contributed by atoms with Crippen molar-refractivity contribution >= 4 is 11.8 Å². The summed E-state index contributed by atoms with van der Waals surface area (Å²) in [6.07, 6.45) is 4.75. The monoisotopic (exact) mass is 193 g/mol. The van der Waals surface area contributed by atoms with Crippen LogP contribution in [-0.2, 0) is 0 Å². The lowest BCUT2D eigenvalue weighted by Gasteiger charge is -2.09. The van der Waals surface area contributed by atoms with Gasteiger partial charge in [-0.05, 0) is 30.4 Å². The van der Waals surface area contributed by atoms with E-state index in [2.05, 4.69) is 37.1 Å². The Hall–Kier alpha value is -0.730. The van der Waals surface area contributed by atoms with Crippen LogP contribution in [0.1, 0.15) is 18.0 Å². The van der Waals surface area contributed by atoms with Crippen LogP contribution in [0.4, 0.5) is 0 Å². The first kappa shape index (κ1) is 10.4. The molecule has 0 heterocycles. The molecule has 1 atom stereocenters. The van der Waals surface area contributed by atoms with E-state index in [1.807, 2.05) is 6.08 Å². The van der Waals surface area contributed by atoms with Crippen molar-refractivity contribution in [1.29, 1.82) is 0 Å². The highest BCUT2D eigenvalue weighted by molar-refractivity contribution is 7.98. The molecule has 0 saturated carbocycles. The summed E-state index contributed by atoms with van der Waals surface area (Å²) in [6, 6.07) is 8.46. The van der Waals surface area contributed by atoms with Gasteiger partial charge >= 0.3 is 0 Å². The Morgan fingerprint density at radius 1 is 1.46 bits per heavy atom. The minimum Gasteiger partial charge on any atom is -0.324 e. The smallest absolute Gasteiger partial charge is 0.0329 e. The summed E-state index contributed by atoms with van der Waals surface area (Å²) >= 11 is 1.74. The zero-order chi connectivity index (χ0) is 9.68. The first-order chi connectivity index (χ1) is 6.27. The lowest BCUT2D eigenvalue weighted by Crippen LogP contribution is -2.08. The van der Waals surface area contributed by atoms with Gasteiger partial charge in [-0.15, -0.1) is 18.3 Å². The number of hydrogen-bond acceptors (Lipinski definition) is 2. The van der Waals surface area contributed by atoms with Gasteiger partial charge in [0.05, 0.1) is 0 Å². The first-order valence-corrected chi connectivity index (χ1v) is 5.51. The Labute approximate surface area is 84.0 Å². The lowest BCUT2D eigenvalue weighted by atomic mass is 10.1. The number of nitrogens with two attached hydrogens (primary N) is 1. The number of hydrogen-bond donors (Lipinski definition) is 1. The normalized spacial score (nSPS) is 12.5. The maximum absolute atomic E-state index is 5.92. The molecule has 0 fully saturated rings. The number of rotatable bonds is 4. The van der Waals surface area contributed by atoms with E-state index in [1.165, 1.54) is 10.5 Å². The molecule has 0 aliphatic heterocycles. The molecule has 2 heteroatoms. The van der Waals surface area contributed by atoms with Gasteiger partial charge in [-0.1, -0.05) is 18.2 Å². The van der Waals surface area contributed by atoms with Crippen LogP contribution >= 0.6 is 11.8 Å². The molecule has 0 aromatic heterocycles. The summed E-state index contributed by atoms with van der Waals surface area (Å²) in [4.78, 5) is 1.27. The average molecular weight is 193 g/mol. The Balaban J connectivity index is 2.73. The van der Waals surface area contributed by atoms with Crippen LogP contribution in [0.5, 0.6) is 0 Å². The molecule has 0 aliphatic rings. The molecule has 0 saturated heterocycles. The predicted octanol–water partition coefficient (Wildman–Crippen LogP) is 2.98. The van der Waals surface area contributed by atoms with Crippen LogP contribution in [0.3, 0.4) is 0 Å². The van der Waals surface area contributed by atoms with E-state index < -0.39 is 0 Å². The number of benzene rings is 1. The van der Waals surface area contributed by atoms with Crippen molar-refractivity contribution in [3.05, 3.63) is 42.5 Å². The van der Waals surface area contributed by atoms with Crippen molar-refractivity contribution in [3.8, 4) is 0 Å². The summed E-state index contributed by atoms with van der Waals surface area (Å²) in [5.41, 5.74) is 7.10. The van der Waals surface area contributed by atoms with E-state index in [1.54, 1.807) is 11.8 Å². The molecular formula is C11H15NS. The van der Waals surface area contributed by atoms with Crippen molar-refractivity contribution < 1.29 is 0 Å². The van der Waals surface area contributed by atoms with Gasteiger partial charge in [-0.2, -0.15) is 0 Å². The molecule has 0 unspecified atom stereocenters. The van der Waals surface area contributed by atoms with Gasteiger partial charge in [0, 0.05) is 10.9 Å². The molecule has 0 spiro atoms. The minimum atomic E-state index is 0.0911. The Bertz CT molecular complexity index is 266. The Morgan fingerprint density at radius 3 is 2.54 bits per heavy atom. The van der Waals surface area contributed by atoms with Crippen molar-refractivity contribution in [2.24, 2.45) is 5.73 Å². The Kier molecular flexibility index (Phi) is 4.06. The van der Waals surface area contributed by atoms with Crippen LogP contribution < -0.4 is 5.73 Å². The van der Waals surface area contributed by atoms with Crippen LogP contribution in [0.2, 0.25) is 0 Å². The molecule has 0 bridgehead atoms. The third-order valence-corrected chi connectivity index (χ3v) is 2.71. The SMILES string of the molecule is C=CC[C@H](N)c1ccc(SC)cc1. The molecule has 1 nitrogen and oxygen atoms in total. The third-order valence-electron chi connectivity index (χ3n) is 1.96. The molecule has 0 aliphatic carbocycles. The van der Waals surface area contributed by atoms with Crippen molar-refractivity contribution in [2.45, 2.75) is 17.4 Å². The van der Waals surface area contributed by atoms with Crippen LogP contribution in [-0.4, -0.2) is 6.26 Å². The first-order valence-electron chi connectivity index (χ1n) is 4.28. The maximum Gasteiger partial charge on any atom is 0.0329 e. The zero-order valence-electron chi connectivity index (χ0n) is 7.86. The van der Waals surface area contributed by atoms with E-state index in [9.17, 15) is 0 Å². The summed E-state index contributed by atoms with van der Waals surface area (Å²) in [6.45, 7) is 3.68. The molecule has 1 rings (SSSR count). The van der Waals surface area contributed by atoms with Crippen LogP contribution in [0.25, 0.3) is 0 Å². The van der Waals surface area contributed by atoms with Crippen molar-refractivity contribution in [3.63, 3.8) is 0 Å². The second kappa shape index (κ2) is 5.10. The summed E-state index contributed by atoms with van der Waals surface area (Å²) in [7, 11) is 0. The predicted molar refractivity (Wildman–Crippen MR) is 60.0 cm³/mol. The highest BCUT2D eigenvalue weighted by Gasteiger charge is 2.02. The fourth-order valence-corrected chi connectivity index (χ4v) is 1.57. The van der Waals surface area contributed by atoms with Crippen molar-refractivity contribution in [1.82, 2.24) is 0 Å². The van der Waals surface area contributed by atoms with E-state index >= 15 is 0 Å². The topological polar surface area (TPSA) is 26.0 Å². The molecule has 0 radical (unpaired) electrons. The summed E-state index contributed by atoms with van der Waals surface area (Å²) in [5, 5.41) is 0. The molecular weight excluding hydrogens is 178 g/mol.